The SMILES string of the molecule is NCCCCC(NC(=O)CCCCCCCCCCCCCCCCCCC(=O)OCc1ccccc1)C(=O)OCc1ccccc1. The normalized spacial score (nSPS) is 11.6. The molecule has 0 saturated carbocycles. The summed E-state index contributed by atoms with van der Waals surface area (Å²) in [5.41, 5.74) is 7.58. The van der Waals surface area contributed by atoms with E-state index in [-0.39, 0.29) is 24.5 Å². The van der Waals surface area contributed by atoms with Gasteiger partial charge in [0.2, 0.25) is 5.91 Å². The maximum Gasteiger partial charge on any atom is 0.328 e. The zero-order valence-electron chi connectivity index (χ0n) is 28.9. The second kappa shape index (κ2) is 27.9. The van der Waals surface area contributed by atoms with E-state index < -0.39 is 6.04 Å². The number of hydrogen-bond acceptors (Lipinski definition) is 6. The van der Waals surface area contributed by atoms with Crippen molar-refractivity contribution >= 4 is 17.8 Å². The fourth-order valence-corrected chi connectivity index (χ4v) is 5.68. The van der Waals surface area contributed by atoms with E-state index in [0.29, 0.717) is 32.4 Å². The fourth-order valence-electron chi connectivity index (χ4n) is 5.68. The molecule has 0 heterocycles. The first-order valence-corrected chi connectivity index (χ1v) is 18.5. The Labute approximate surface area is 284 Å². The quantitative estimate of drug-likeness (QED) is 0.0672. The summed E-state index contributed by atoms with van der Waals surface area (Å²) in [6.45, 7) is 1.15. The van der Waals surface area contributed by atoms with Crippen LogP contribution in [0.25, 0.3) is 0 Å². The lowest BCUT2D eigenvalue weighted by Crippen LogP contribution is -2.41. The van der Waals surface area contributed by atoms with Gasteiger partial charge < -0.3 is 20.5 Å². The topological polar surface area (TPSA) is 108 Å². The van der Waals surface area contributed by atoms with Gasteiger partial charge in [0.1, 0.15) is 19.3 Å². The molecule has 0 saturated heterocycles. The Morgan fingerprint density at radius 2 is 0.957 bits per heavy atom. The van der Waals surface area contributed by atoms with E-state index >= 15 is 0 Å². The van der Waals surface area contributed by atoms with Gasteiger partial charge >= 0.3 is 11.9 Å². The number of nitrogens with two attached hydrogens (primary N) is 1. The molecule has 0 aliphatic heterocycles. The summed E-state index contributed by atoms with van der Waals surface area (Å²) >= 11 is 0. The monoisotopic (exact) mass is 650 g/mol. The van der Waals surface area contributed by atoms with Crippen molar-refractivity contribution in [1.82, 2.24) is 5.32 Å². The second-order valence-corrected chi connectivity index (χ2v) is 12.8. The van der Waals surface area contributed by atoms with E-state index in [0.717, 1.165) is 56.1 Å². The van der Waals surface area contributed by atoms with Crippen LogP contribution in [0.15, 0.2) is 60.7 Å². The number of ether oxygens (including phenoxy) is 2. The van der Waals surface area contributed by atoms with Gasteiger partial charge in [-0.2, -0.15) is 0 Å². The molecule has 3 N–H and O–H groups in total. The van der Waals surface area contributed by atoms with E-state index in [1.807, 2.05) is 60.7 Å². The molecule has 1 atom stereocenters. The summed E-state index contributed by atoms with van der Waals surface area (Å²) in [6.07, 6.45) is 22.3. The summed E-state index contributed by atoms with van der Waals surface area (Å²) in [5.74, 6) is -0.536. The van der Waals surface area contributed by atoms with Crippen LogP contribution in [0.3, 0.4) is 0 Å². The lowest BCUT2D eigenvalue weighted by molar-refractivity contribution is -0.149. The Balaban J connectivity index is 1.35. The van der Waals surface area contributed by atoms with Gasteiger partial charge in [0.25, 0.3) is 0 Å². The van der Waals surface area contributed by atoms with E-state index in [9.17, 15) is 14.4 Å². The van der Waals surface area contributed by atoms with Gasteiger partial charge in [-0.05, 0) is 49.8 Å². The zero-order valence-corrected chi connectivity index (χ0v) is 28.9. The van der Waals surface area contributed by atoms with Crippen LogP contribution >= 0.6 is 0 Å². The summed E-state index contributed by atoms with van der Waals surface area (Å²) in [6, 6.07) is 18.8. The van der Waals surface area contributed by atoms with Crippen LogP contribution in [-0.4, -0.2) is 30.4 Å². The smallest absolute Gasteiger partial charge is 0.328 e. The molecule has 0 bridgehead atoms. The highest BCUT2D eigenvalue weighted by Crippen LogP contribution is 2.15. The van der Waals surface area contributed by atoms with Gasteiger partial charge in [0.05, 0.1) is 0 Å². The Morgan fingerprint density at radius 1 is 0.532 bits per heavy atom. The second-order valence-electron chi connectivity index (χ2n) is 12.8. The number of nitrogens with one attached hydrogen (secondary N) is 1. The third-order valence-corrected chi connectivity index (χ3v) is 8.57. The lowest BCUT2D eigenvalue weighted by atomic mass is 10.0. The molecule has 47 heavy (non-hydrogen) atoms. The summed E-state index contributed by atoms with van der Waals surface area (Å²) in [5, 5.41) is 2.91. The number of hydrogen-bond donors (Lipinski definition) is 2. The van der Waals surface area contributed by atoms with Gasteiger partial charge in [-0.1, -0.05) is 151 Å². The molecule has 0 aliphatic carbocycles. The molecule has 1 unspecified atom stereocenters. The third kappa shape index (κ3) is 22.1. The predicted molar refractivity (Wildman–Crippen MR) is 190 cm³/mol. The zero-order chi connectivity index (χ0) is 33.6. The standard InChI is InChI=1S/C40H62N2O5/c41-32-24-23-29-37(40(45)47-34-36-27-19-16-20-28-36)42-38(43)30-21-13-11-9-7-5-3-1-2-4-6-8-10-12-14-22-31-39(44)46-33-35-25-17-15-18-26-35/h15-20,25-28,37H,1-14,21-24,29-34,41H2,(H,42,43). The van der Waals surface area contributed by atoms with Crippen LogP contribution in [-0.2, 0) is 37.1 Å². The van der Waals surface area contributed by atoms with Crippen LogP contribution in [0.4, 0.5) is 0 Å². The Hall–Kier alpha value is -3.19. The highest BCUT2D eigenvalue weighted by atomic mass is 16.5. The van der Waals surface area contributed by atoms with Gasteiger partial charge in [0.15, 0.2) is 0 Å². The van der Waals surface area contributed by atoms with E-state index in [2.05, 4.69) is 5.32 Å². The van der Waals surface area contributed by atoms with Gasteiger partial charge in [-0.25, -0.2) is 4.79 Å². The summed E-state index contributed by atoms with van der Waals surface area (Å²) in [7, 11) is 0. The van der Waals surface area contributed by atoms with Crippen LogP contribution in [0.2, 0.25) is 0 Å². The fraction of sp³-hybridized carbons (Fsp3) is 0.625. The van der Waals surface area contributed by atoms with Crippen LogP contribution < -0.4 is 11.1 Å². The number of carbonyl (C=O) groups excluding carboxylic acids is 3. The Bertz CT molecular complexity index is 1060. The number of esters is 2. The highest BCUT2D eigenvalue weighted by molar-refractivity contribution is 5.84. The molecule has 7 nitrogen and oxygen atoms in total. The first-order valence-electron chi connectivity index (χ1n) is 18.5. The molecule has 1 amide bonds. The summed E-state index contributed by atoms with van der Waals surface area (Å²) in [4.78, 5) is 37.1. The minimum absolute atomic E-state index is 0.0730. The highest BCUT2D eigenvalue weighted by Gasteiger charge is 2.21. The Morgan fingerprint density at radius 3 is 1.43 bits per heavy atom. The molecule has 0 spiro atoms. The number of amides is 1. The van der Waals surface area contributed by atoms with Crippen LogP contribution in [0.1, 0.15) is 146 Å². The number of benzene rings is 2. The molecule has 2 rings (SSSR count). The van der Waals surface area contributed by atoms with Gasteiger partial charge in [0, 0.05) is 12.8 Å². The largest absolute Gasteiger partial charge is 0.461 e. The lowest BCUT2D eigenvalue weighted by Gasteiger charge is -2.18. The molecule has 262 valence electrons. The average Bonchev–Trinajstić information content (AvgIpc) is 3.09. The first kappa shape index (κ1) is 40.0. The molecule has 2 aromatic rings. The maximum absolute atomic E-state index is 12.7. The van der Waals surface area contributed by atoms with Crippen molar-refractivity contribution in [2.75, 3.05) is 6.54 Å². The first-order chi connectivity index (χ1) is 23.1. The van der Waals surface area contributed by atoms with Crippen LogP contribution in [0, 0.1) is 0 Å². The van der Waals surface area contributed by atoms with Crippen LogP contribution in [0.5, 0.6) is 0 Å². The van der Waals surface area contributed by atoms with E-state index in [1.165, 1.54) is 70.6 Å². The van der Waals surface area contributed by atoms with Gasteiger partial charge in [-0.3, -0.25) is 9.59 Å². The third-order valence-electron chi connectivity index (χ3n) is 8.57. The Kier molecular flexibility index (Phi) is 23.7. The van der Waals surface area contributed by atoms with Crippen molar-refractivity contribution in [2.45, 2.75) is 154 Å². The van der Waals surface area contributed by atoms with Gasteiger partial charge in [-0.15, -0.1) is 0 Å². The van der Waals surface area contributed by atoms with Crippen molar-refractivity contribution in [3.63, 3.8) is 0 Å². The molecule has 0 radical (unpaired) electrons. The van der Waals surface area contributed by atoms with E-state index in [1.54, 1.807) is 0 Å². The van der Waals surface area contributed by atoms with Crippen molar-refractivity contribution in [2.24, 2.45) is 5.73 Å². The molecule has 2 aromatic carbocycles. The van der Waals surface area contributed by atoms with E-state index in [4.69, 9.17) is 15.2 Å². The molecule has 0 aromatic heterocycles. The van der Waals surface area contributed by atoms with Crippen molar-refractivity contribution in [3.05, 3.63) is 71.8 Å². The molecular formula is C40H62N2O5. The maximum atomic E-state index is 12.7. The van der Waals surface area contributed by atoms with Crippen molar-refractivity contribution < 1.29 is 23.9 Å². The average molecular weight is 651 g/mol. The van der Waals surface area contributed by atoms with Crippen molar-refractivity contribution in [3.8, 4) is 0 Å². The molecule has 0 fully saturated rings. The predicted octanol–water partition coefficient (Wildman–Crippen LogP) is 9.11. The molecule has 0 aliphatic rings. The minimum atomic E-state index is -0.614. The number of carbonyl (C=O) groups is 3. The minimum Gasteiger partial charge on any atom is -0.461 e. The van der Waals surface area contributed by atoms with Crippen molar-refractivity contribution in [1.29, 1.82) is 0 Å². The number of unbranched alkanes of at least 4 members (excludes halogenated alkanes) is 16. The number of rotatable bonds is 29. The summed E-state index contributed by atoms with van der Waals surface area (Å²) < 4.78 is 10.8. The molecule has 7 heteroatoms. The molecular weight excluding hydrogens is 588 g/mol.